The van der Waals surface area contributed by atoms with E-state index in [0.717, 1.165) is 43.5 Å². The van der Waals surface area contributed by atoms with E-state index in [4.69, 9.17) is 4.98 Å². The van der Waals surface area contributed by atoms with E-state index in [1.165, 1.54) is 36.1 Å². The van der Waals surface area contributed by atoms with Gasteiger partial charge in [0.25, 0.3) is 0 Å². The summed E-state index contributed by atoms with van der Waals surface area (Å²) in [6.07, 6.45) is 7.03. The van der Waals surface area contributed by atoms with Gasteiger partial charge in [0.05, 0.1) is 0 Å². The molecule has 2 saturated carbocycles. The number of halogens is 1. The lowest BCUT2D eigenvalue weighted by Gasteiger charge is -2.28. The number of pyridine rings is 1. The fourth-order valence-electron chi connectivity index (χ4n) is 4.25. The minimum Gasteiger partial charge on any atom is -0.292 e. The Morgan fingerprint density at radius 2 is 1.43 bits per heavy atom. The molecule has 0 saturated heterocycles. The van der Waals surface area contributed by atoms with Crippen LogP contribution in [0.3, 0.4) is 0 Å². The number of benzene rings is 1. The Kier molecular flexibility index (Phi) is 9.68. The van der Waals surface area contributed by atoms with Gasteiger partial charge >= 0.3 is 0 Å². The van der Waals surface area contributed by atoms with Crippen LogP contribution in [-0.2, 0) is 6.42 Å². The van der Waals surface area contributed by atoms with Crippen molar-refractivity contribution in [2.24, 2.45) is 5.92 Å². The SMILES string of the molecule is CC.CC.CCc1ccc(C2CC2)c(C(=O)C2CCC(c3ccc(F)cc3)CC2)n1. The minimum absolute atomic E-state index is 0.0869. The molecule has 0 aliphatic heterocycles. The summed E-state index contributed by atoms with van der Waals surface area (Å²) < 4.78 is 13.1. The zero-order valence-electron chi connectivity index (χ0n) is 19.4. The summed E-state index contributed by atoms with van der Waals surface area (Å²) in [6.45, 7) is 10.1. The summed E-state index contributed by atoms with van der Waals surface area (Å²) in [6, 6.07) is 11.1. The lowest BCUT2D eigenvalue weighted by Crippen LogP contribution is -2.23. The third-order valence-corrected chi connectivity index (χ3v) is 6.04. The van der Waals surface area contributed by atoms with Crippen LogP contribution >= 0.6 is 0 Å². The van der Waals surface area contributed by atoms with Crippen molar-refractivity contribution in [1.82, 2.24) is 4.98 Å². The first kappa shape index (κ1) is 24.2. The van der Waals surface area contributed by atoms with E-state index in [1.807, 2.05) is 39.8 Å². The highest BCUT2D eigenvalue weighted by Crippen LogP contribution is 2.43. The molecule has 0 atom stereocenters. The van der Waals surface area contributed by atoms with Gasteiger partial charge in [0.2, 0.25) is 0 Å². The van der Waals surface area contributed by atoms with Crippen LogP contribution < -0.4 is 0 Å². The van der Waals surface area contributed by atoms with Crippen LogP contribution in [0.2, 0.25) is 0 Å². The van der Waals surface area contributed by atoms with Crippen LogP contribution in [0.4, 0.5) is 4.39 Å². The Labute approximate surface area is 182 Å². The topological polar surface area (TPSA) is 30.0 Å². The second kappa shape index (κ2) is 12.0. The molecular weight excluding hydrogens is 373 g/mol. The Morgan fingerprint density at radius 3 is 1.97 bits per heavy atom. The summed E-state index contributed by atoms with van der Waals surface area (Å²) in [5.41, 5.74) is 4.13. The maximum absolute atomic E-state index is 13.2. The number of Topliss-reactive ketones (excluding diaryl/α,β-unsaturated/α-hetero) is 1. The smallest absolute Gasteiger partial charge is 0.184 e. The molecule has 1 heterocycles. The molecule has 0 amide bonds. The molecule has 2 aliphatic carbocycles. The van der Waals surface area contributed by atoms with E-state index in [0.29, 0.717) is 11.8 Å². The fourth-order valence-corrected chi connectivity index (χ4v) is 4.25. The molecule has 2 nitrogen and oxygen atoms in total. The molecule has 0 N–H and O–H groups in total. The van der Waals surface area contributed by atoms with Crippen molar-refractivity contribution < 1.29 is 9.18 Å². The Morgan fingerprint density at radius 1 is 0.867 bits per heavy atom. The second-order valence-corrected chi connectivity index (χ2v) is 7.83. The van der Waals surface area contributed by atoms with Crippen molar-refractivity contribution in [3.05, 3.63) is 64.7 Å². The molecule has 2 fully saturated rings. The maximum Gasteiger partial charge on any atom is 0.184 e. The van der Waals surface area contributed by atoms with Crippen LogP contribution in [0.25, 0.3) is 0 Å². The van der Waals surface area contributed by atoms with Crippen molar-refractivity contribution in [3.63, 3.8) is 0 Å². The molecule has 0 unspecified atom stereocenters. The first-order valence-electron chi connectivity index (χ1n) is 11.9. The van der Waals surface area contributed by atoms with Gasteiger partial charge in [-0.25, -0.2) is 9.37 Å². The van der Waals surface area contributed by atoms with Gasteiger partial charge in [-0.3, -0.25) is 4.79 Å². The predicted molar refractivity (Wildman–Crippen MR) is 124 cm³/mol. The summed E-state index contributed by atoms with van der Waals surface area (Å²) in [7, 11) is 0. The lowest BCUT2D eigenvalue weighted by molar-refractivity contribution is 0.0877. The lowest BCUT2D eigenvalue weighted by atomic mass is 9.76. The summed E-state index contributed by atoms with van der Waals surface area (Å²) >= 11 is 0. The second-order valence-electron chi connectivity index (χ2n) is 7.83. The number of carbonyl (C=O) groups is 1. The number of nitrogens with zero attached hydrogens (tertiary/aromatic N) is 1. The minimum atomic E-state index is -0.188. The van der Waals surface area contributed by atoms with Gasteiger partial charge in [-0.2, -0.15) is 0 Å². The largest absolute Gasteiger partial charge is 0.292 e. The molecular formula is C27H38FNO. The summed E-state index contributed by atoms with van der Waals surface area (Å²) in [5.74, 6) is 1.14. The zero-order chi connectivity index (χ0) is 22.1. The van der Waals surface area contributed by atoms with Crippen LogP contribution in [0.1, 0.15) is 112 Å². The Balaban J connectivity index is 0.000000757. The molecule has 3 heteroatoms. The molecule has 1 aromatic heterocycles. The monoisotopic (exact) mass is 411 g/mol. The molecule has 4 rings (SSSR count). The number of aryl methyl sites for hydroxylation is 1. The van der Waals surface area contributed by atoms with Crippen molar-refractivity contribution in [2.75, 3.05) is 0 Å². The first-order chi connectivity index (χ1) is 14.7. The molecule has 2 aliphatic rings. The van der Waals surface area contributed by atoms with Crippen molar-refractivity contribution in [2.45, 2.75) is 91.4 Å². The number of aromatic nitrogens is 1. The van der Waals surface area contributed by atoms with Gasteiger partial charge in [0, 0.05) is 11.6 Å². The Bertz CT molecular complexity index is 787. The molecule has 0 spiro atoms. The van der Waals surface area contributed by atoms with Gasteiger partial charge in [-0.15, -0.1) is 0 Å². The first-order valence-corrected chi connectivity index (χ1v) is 11.9. The van der Waals surface area contributed by atoms with E-state index in [1.54, 1.807) is 0 Å². The molecule has 1 aromatic carbocycles. The number of ketones is 1. The predicted octanol–water partition coefficient (Wildman–Crippen LogP) is 7.87. The van der Waals surface area contributed by atoms with E-state index >= 15 is 0 Å². The van der Waals surface area contributed by atoms with Gasteiger partial charge in [-0.1, -0.05) is 52.8 Å². The molecule has 0 bridgehead atoms. The van der Waals surface area contributed by atoms with Gasteiger partial charge in [0.1, 0.15) is 11.5 Å². The van der Waals surface area contributed by atoms with Crippen molar-refractivity contribution in [1.29, 1.82) is 0 Å². The van der Waals surface area contributed by atoms with Crippen molar-refractivity contribution in [3.8, 4) is 0 Å². The van der Waals surface area contributed by atoms with Crippen LogP contribution in [-0.4, -0.2) is 10.8 Å². The van der Waals surface area contributed by atoms with E-state index in [-0.39, 0.29) is 17.5 Å². The Hall–Kier alpha value is -2.03. The highest BCUT2D eigenvalue weighted by molar-refractivity contribution is 5.97. The standard InChI is InChI=1S/C23H26FNO.2C2H6/c1-2-20-13-14-21(17-5-6-17)22(25-20)23(26)18-7-3-15(4-8-18)16-9-11-19(24)12-10-16;2*1-2/h9-15,17-18H,2-8H2,1H3;2*1-2H3. The van der Waals surface area contributed by atoms with Gasteiger partial charge in [-0.05, 0) is 86.1 Å². The molecule has 164 valence electrons. The molecule has 0 radical (unpaired) electrons. The van der Waals surface area contributed by atoms with Crippen LogP contribution in [0.5, 0.6) is 0 Å². The highest BCUT2D eigenvalue weighted by atomic mass is 19.1. The average Bonchev–Trinajstić information content (AvgIpc) is 3.67. The average molecular weight is 412 g/mol. The molecule has 2 aromatic rings. The van der Waals surface area contributed by atoms with E-state index in [9.17, 15) is 9.18 Å². The van der Waals surface area contributed by atoms with Crippen LogP contribution in [0.15, 0.2) is 36.4 Å². The summed E-state index contributed by atoms with van der Waals surface area (Å²) in [5, 5.41) is 0. The number of rotatable bonds is 5. The third-order valence-electron chi connectivity index (χ3n) is 6.04. The zero-order valence-corrected chi connectivity index (χ0v) is 19.4. The quantitative estimate of drug-likeness (QED) is 0.469. The normalized spacial score (nSPS) is 20.3. The number of hydrogen-bond acceptors (Lipinski definition) is 2. The highest BCUT2D eigenvalue weighted by Gasteiger charge is 2.33. The third kappa shape index (κ3) is 6.00. The van der Waals surface area contributed by atoms with E-state index < -0.39 is 0 Å². The molecule has 30 heavy (non-hydrogen) atoms. The van der Waals surface area contributed by atoms with Crippen molar-refractivity contribution >= 4 is 5.78 Å². The van der Waals surface area contributed by atoms with Crippen LogP contribution in [0, 0.1) is 11.7 Å². The number of hydrogen-bond donors (Lipinski definition) is 0. The van der Waals surface area contributed by atoms with E-state index in [2.05, 4.69) is 19.1 Å². The maximum atomic E-state index is 13.2. The summed E-state index contributed by atoms with van der Waals surface area (Å²) in [4.78, 5) is 17.9. The van der Waals surface area contributed by atoms with Gasteiger partial charge < -0.3 is 0 Å². The number of carbonyl (C=O) groups excluding carboxylic acids is 1. The fraction of sp³-hybridized carbons (Fsp3) is 0.556. The van der Waals surface area contributed by atoms with Gasteiger partial charge in [0.15, 0.2) is 5.78 Å².